The SMILES string of the molecule is COC(=O)C=Cc1ccc(NCC(=O)N[C@@H](CC(C)C)C(=O)OC)c([N+](=O)[O-])c1. The third-order valence-electron chi connectivity index (χ3n) is 3.80. The Kier molecular flexibility index (Phi) is 9.30. The van der Waals surface area contributed by atoms with Crippen molar-refractivity contribution in [1.29, 1.82) is 0 Å². The number of carbonyl (C=O) groups excluding carboxylic acids is 3. The Morgan fingerprint density at radius 2 is 1.90 bits per heavy atom. The van der Waals surface area contributed by atoms with Crippen molar-refractivity contribution in [3.63, 3.8) is 0 Å². The topological polar surface area (TPSA) is 137 Å². The maximum atomic E-state index is 12.2. The molecule has 0 fully saturated rings. The number of nitrogens with zero attached hydrogens (tertiary/aromatic N) is 1. The number of benzene rings is 1. The maximum absolute atomic E-state index is 12.2. The summed E-state index contributed by atoms with van der Waals surface area (Å²) in [6, 6.07) is 3.43. The van der Waals surface area contributed by atoms with Crippen molar-refractivity contribution in [2.75, 3.05) is 26.1 Å². The highest BCUT2D eigenvalue weighted by molar-refractivity contribution is 5.88. The fourth-order valence-electron chi connectivity index (χ4n) is 2.43. The molecule has 2 N–H and O–H groups in total. The van der Waals surface area contributed by atoms with Crippen LogP contribution in [0.3, 0.4) is 0 Å². The minimum absolute atomic E-state index is 0.124. The van der Waals surface area contributed by atoms with Crippen molar-refractivity contribution in [3.8, 4) is 0 Å². The summed E-state index contributed by atoms with van der Waals surface area (Å²) in [5.41, 5.74) is 0.273. The molecule has 0 saturated carbocycles. The Labute approximate surface area is 168 Å². The van der Waals surface area contributed by atoms with E-state index in [4.69, 9.17) is 0 Å². The van der Waals surface area contributed by atoms with Gasteiger partial charge in [-0.1, -0.05) is 19.9 Å². The second-order valence-corrected chi connectivity index (χ2v) is 6.52. The molecule has 0 spiro atoms. The number of nitrogens with one attached hydrogen (secondary N) is 2. The lowest BCUT2D eigenvalue weighted by Gasteiger charge is -2.18. The third kappa shape index (κ3) is 7.99. The first kappa shape index (κ1) is 23.6. The average molecular weight is 407 g/mol. The molecular formula is C19H25N3O7. The van der Waals surface area contributed by atoms with E-state index in [-0.39, 0.29) is 23.8 Å². The molecule has 0 aliphatic rings. The summed E-state index contributed by atoms with van der Waals surface area (Å²) in [5, 5.41) is 16.6. The molecule has 0 aliphatic heterocycles. The van der Waals surface area contributed by atoms with Crippen molar-refractivity contribution in [2.24, 2.45) is 5.92 Å². The number of hydrogen-bond donors (Lipinski definition) is 2. The summed E-state index contributed by atoms with van der Waals surface area (Å²) in [6.07, 6.45) is 2.92. The first-order chi connectivity index (χ1) is 13.7. The van der Waals surface area contributed by atoms with Gasteiger partial charge in [0.1, 0.15) is 11.7 Å². The highest BCUT2D eigenvalue weighted by Gasteiger charge is 2.23. The summed E-state index contributed by atoms with van der Waals surface area (Å²) >= 11 is 0. The van der Waals surface area contributed by atoms with E-state index in [1.165, 1.54) is 32.4 Å². The molecule has 0 aromatic heterocycles. The standard InChI is InChI=1S/C19H25N3O7/c1-12(2)9-15(19(25)29-4)21-17(23)11-20-14-7-5-13(6-8-18(24)28-3)10-16(14)22(26)27/h5-8,10,12,15,20H,9,11H2,1-4H3,(H,21,23)/t15-/m0/s1. The number of anilines is 1. The van der Waals surface area contributed by atoms with Gasteiger partial charge in [-0.3, -0.25) is 14.9 Å². The number of amides is 1. The van der Waals surface area contributed by atoms with Crippen molar-refractivity contribution in [2.45, 2.75) is 26.3 Å². The molecule has 1 atom stereocenters. The average Bonchev–Trinajstić information content (AvgIpc) is 2.68. The number of ether oxygens (including phenoxy) is 2. The fourth-order valence-corrected chi connectivity index (χ4v) is 2.43. The third-order valence-corrected chi connectivity index (χ3v) is 3.80. The Morgan fingerprint density at radius 3 is 2.45 bits per heavy atom. The summed E-state index contributed by atoms with van der Waals surface area (Å²) in [6.45, 7) is 3.53. The van der Waals surface area contributed by atoms with E-state index in [0.29, 0.717) is 12.0 Å². The number of carbonyl (C=O) groups is 3. The van der Waals surface area contributed by atoms with Crippen LogP contribution < -0.4 is 10.6 Å². The van der Waals surface area contributed by atoms with Crippen LogP contribution in [0.2, 0.25) is 0 Å². The van der Waals surface area contributed by atoms with E-state index in [1.54, 1.807) is 6.07 Å². The number of nitro benzene ring substituents is 1. The maximum Gasteiger partial charge on any atom is 0.330 e. The van der Waals surface area contributed by atoms with Gasteiger partial charge in [-0.15, -0.1) is 0 Å². The van der Waals surface area contributed by atoms with Gasteiger partial charge in [0.15, 0.2) is 0 Å². The number of esters is 2. The van der Waals surface area contributed by atoms with E-state index in [9.17, 15) is 24.5 Å². The molecule has 10 heteroatoms. The highest BCUT2D eigenvalue weighted by atomic mass is 16.6. The Balaban J connectivity index is 2.85. The molecule has 1 aromatic carbocycles. The van der Waals surface area contributed by atoms with Gasteiger partial charge in [0, 0.05) is 12.1 Å². The Morgan fingerprint density at radius 1 is 1.21 bits per heavy atom. The lowest BCUT2D eigenvalue weighted by molar-refractivity contribution is -0.384. The molecule has 0 radical (unpaired) electrons. The summed E-state index contributed by atoms with van der Waals surface area (Å²) in [5.74, 6) is -1.50. The molecule has 29 heavy (non-hydrogen) atoms. The largest absolute Gasteiger partial charge is 0.467 e. The van der Waals surface area contributed by atoms with Crippen LogP contribution >= 0.6 is 0 Å². The van der Waals surface area contributed by atoms with Crippen molar-refractivity contribution in [3.05, 3.63) is 40.0 Å². The van der Waals surface area contributed by atoms with Crippen LogP contribution in [0.25, 0.3) is 6.08 Å². The fraction of sp³-hybridized carbons (Fsp3) is 0.421. The Bertz CT molecular complexity index is 790. The van der Waals surface area contributed by atoms with Gasteiger partial charge < -0.3 is 20.1 Å². The smallest absolute Gasteiger partial charge is 0.330 e. The summed E-state index contributed by atoms with van der Waals surface area (Å²) in [4.78, 5) is 45.8. The molecule has 0 bridgehead atoms. The molecular weight excluding hydrogens is 382 g/mol. The molecule has 1 aromatic rings. The van der Waals surface area contributed by atoms with Gasteiger partial charge in [0.05, 0.1) is 25.7 Å². The lowest BCUT2D eigenvalue weighted by Crippen LogP contribution is -2.44. The van der Waals surface area contributed by atoms with E-state index in [0.717, 1.165) is 6.08 Å². The van der Waals surface area contributed by atoms with Gasteiger partial charge in [-0.25, -0.2) is 9.59 Å². The predicted molar refractivity (Wildman–Crippen MR) is 106 cm³/mol. The van der Waals surface area contributed by atoms with E-state index >= 15 is 0 Å². The first-order valence-corrected chi connectivity index (χ1v) is 8.83. The Hall–Kier alpha value is -3.43. The molecule has 1 amide bonds. The number of rotatable bonds is 10. The van der Waals surface area contributed by atoms with Crippen LogP contribution in [0.5, 0.6) is 0 Å². The molecule has 1 rings (SSSR count). The molecule has 0 unspecified atom stereocenters. The van der Waals surface area contributed by atoms with Crippen LogP contribution in [0.1, 0.15) is 25.8 Å². The quantitative estimate of drug-likeness (QED) is 0.260. The van der Waals surface area contributed by atoms with Crippen LogP contribution in [0, 0.1) is 16.0 Å². The van der Waals surface area contributed by atoms with Gasteiger partial charge >= 0.3 is 11.9 Å². The van der Waals surface area contributed by atoms with Crippen LogP contribution in [-0.2, 0) is 23.9 Å². The number of nitro groups is 1. The minimum Gasteiger partial charge on any atom is -0.467 e. The molecule has 0 saturated heterocycles. The lowest BCUT2D eigenvalue weighted by atomic mass is 10.0. The van der Waals surface area contributed by atoms with E-state index < -0.39 is 28.8 Å². The summed E-state index contributed by atoms with van der Waals surface area (Å²) < 4.78 is 9.16. The number of hydrogen-bond acceptors (Lipinski definition) is 8. The molecule has 10 nitrogen and oxygen atoms in total. The minimum atomic E-state index is -0.796. The van der Waals surface area contributed by atoms with Gasteiger partial charge in [-0.05, 0) is 30.0 Å². The molecule has 0 heterocycles. The highest BCUT2D eigenvalue weighted by Crippen LogP contribution is 2.26. The van der Waals surface area contributed by atoms with E-state index in [2.05, 4.69) is 20.1 Å². The molecule has 158 valence electrons. The second kappa shape index (κ2) is 11.4. The van der Waals surface area contributed by atoms with Gasteiger partial charge in [0.25, 0.3) is 5.69 Å². The van der Waals surface area contributed by atoms with Gasteiger partial charge in [-0.2, -0.15) is 0 Å². The zero-order chi connectivity index (χ0) is 22.0. The van der Waals surface area contributed by atoms with Gasteiger partial charge in [0.2, 0.25) is 5.91 Å². The molecule has 0 aliphatic carbocycles. The second-order valence-electron chi connectivity index (χ2n) is 6.52. The van der Waals surface area contributed by atoms with Crippen LogP contribution in [0.15, 0.2) is 24.3 Å². The van der Waals surface area contributed by atoms with Crippen molar-refractivity contribution >= 4 is 35.3 Å². The van der Waals surface area contributed by atoms with Crippen LogP contribution in [0.4, 0.5) is 11.4 Å². The van der Waals surface area contributed by atoms with Crippen molar-refractivity contribution in [1.82, 2.24) is 5.32 Å². The summed E-state index contributed by atoms with van der Waals surface area (Å²) in [7, 11) is 2.46. The predicted octanol–water partition coefficient (Wildman–Crippen LogP) is 1.90. The first-order valence-electron chi connectivity index (χ1n) is 8.83. The normalized spacial score (nSPS) is 11.8. The number of methoxy groups -OCH3 is 2. The van der Waals surface area contributed by atoms with Crippen molar-refractivity contribution < 1.29 is 28.8 Å². The van der Waals surface area contributed by atoms with E-state index in [1.807, 2.05) is 13.8 Å². The zero-order valence-corrected chi connectivity index (χ0v) is 16.8. The zero-order valence-electron chi connectivity index (χ0n) is 16.8. The monoisotopic (exact) mass is 407 g/mol. The van der Waals surface area contributed by atoms with Crippen LogP contribution in [-0.4, -0.2) is 49.6 Å².